The molecule has 18 heteroatoms. The second-order valence-electron chi connectivity index (χ2n) is 21.3. The van der Waals surface area contributed by atoms with Gasteiger partial charge in [-0.25, -0.2) is 9.97 Å². The van der Waals surface area contributed by atoms with Crippen LogP contribution in [0.2, 0.25) is 0 Å². The number of amidine groups is 1. The first-order valence-corrected chi connectivity index (χ1v) is 28.3. The average Bonchev–Trinajstić information content (AvgIpc) is 4.30. The van der Waals surface area contributed by atoms with Crippen LogP contribution < -0.4 is 15.4 Å². The summed E-state index contributed by atoms with van der Waals surface area (Å²) in [4.78, 5) is 81.3. The van der Waals surface area contributed by atoms with Crippen LogP contribution in [0.25, 0.3) is 20.9 Å². The van der Waals surface area contributed by atoms with E-state index in [1.165, 1.54) is 7.11 Å². The minimum absolute atomic E-state index is 0.0746. The number of aliphatic hydroxyl groups is 1. The molecule has 10 rings (SSSR count). The van der Waals surface area contributed by atoms with E-state index in [1.54, 1.807) is 49.5 Å². The Morgan fingerprint density at radius 1 is 0.727 bits per heavy atom. The maximum absolute atomic E-state index is 15.0. The van der Waals surface area contributed by atoms with Crippen LogP contribution in [0.1, 0.15) is 94.9 Å². The highest BCUT2D eigenvalue weighted by Gasteiger charge is 2.47. The van der Waals surface area contributed by atoms with Crippen LogP contribution in [0.5, 0.6) is 5.75 Å². The van der Waals surface area contributed by atoms with Gasteiger partial charge in [-0.15, -0.1) is 22.7 Å². The first-order valence-electron chi connectivity index (χ1n) is 26.5. The van der Waals surface area contributed by atoms with E-state index in [0.29, 0.717) is 61.9 Å². The lowest BCUT2D eigenvalue weighted by Gasteiger charge is -2.35. The van der Waals surface area contributed by atoms with Gasteiger partial charge in [0.1, 0.15) is 31.0 Å². The maximum Gasteiger partial charge on any atom is 0.255 e. The molecule has 6 aromatic rings. The van der Waals surface area contributed by atoms with E-state index in [2.05, 4.69) is 62.2 Å². The normalized spacial score (nSPS) is 20.1. The summed E-state index contributed by atoms with van der Waals surface area (Å²) in [5.41, 5.74) is 12.8. The zero-order valence-electron chi connectivity index (χ0n) is 44.6. The number of aromatic nitrogens is 2. The number of carbonyl (C=O) groups is 4. The van der Waals surface area contributed by atoms with Crippen molar-refractivity contribution in [2.45, 2.75) is 117 Å². The molecule has 0 unspecified atom stereocenters. The number of hydrogen-bond donors (Lipinski definition) is 3. The summed E-state index contributed by atoms with van der Waals surface area (Å²) in [7, 11) is 1.45. The smallest absolute Gasteiger partial charge is 0.255 e. The molecule has 2 saturated heterocycles. The van der Waals surface area contributed by atoms with Gasteiger partial charge in [0.15, 0.2) is 5.84 Å². The predicted molar refractivity (Wildman–Crippen MR) is 298 cm³/mol. The molecule has 0 radical (unpaired) electrons. The Morgan fingerprint density at radius 2 is 1.30 bits per heavy atom. The summed E-state index contributed by atoms with van der Waals surface area (Å²) in [5, 5.41) is 22.4. The summed E-state index contributed by atoms with van der Waals surface area (Å²) in [6, 6.07) is 27.3. The van der Waals surface area contributed by atoms with Gasteiger partial charge in [-0.3, -0.25) is 19.2 Å². The second kappa shape index (κ2) is 22.9. The topological polar surface area (TPSA) is 182 Å². The predicted octanol–water partition coefficient (Wildman–Crippen LogP) is 8.06. The molecule has 6 heterocycles. The van der Waals surface area contributed by atoms with Crippen molar-refractivity contribution in [3.63, 3.8) is 0 Å². The molecule has 77 heavy (non-hydrogen) atoms. The van der Waals surface area contributed by atoms with Gasteiger partial charge < -0.3 is 44.9 Å². The number of rotatable bonds is 18. The zero-order chi connectivity index (χ0) is 54.1. The van der Waals surface area contributed by atoms with Gasteiger partial charge in [0.25, 0.3) is 11.8 Å². The quantitative estimate of drug-likeness (QED) is 0.0430. The number of oxime groups is 1. The summed E-state index contributed by atoms with van der Waals surface area (Å²) in [5.74, 6) is -0.246. The van der Waals surface area contributed by atoms with Gasteiger partial charge in [0.2, 0.25) is 11.8 Å². The Kier molecular flexibility index (Phi) is 15.9. The Morgan fingerprint density at radius 3 is 1.87 bits per heavy atom. The fraction of sp³-hybridized carbons (Fsp3) is 0.407. The van der Waals surface area contributed by atoms with E-state index < -0.39 is 24.2 Å². The van der Waals surface area contributed by atoms with Crippen molar-refractivity contribution in [3.05, 3.63) is 147 Å². The van der Waals surface area contributed by atoms with Crippen LogP contribution in [0, 0.1) is 25.7 Å². The highest BCUT2D eigenvalue weighted by Crippen LogP contribution is 2.36. The molecule has 402 valence electrons. The molecule has 4 aromatic carbocycles. The summed E-state index contributed by atoms with van der Waals surface area (Å²) in [6.45, 7) is 14.3. The number of amides is 4. The van der Waals surface area contributed by atoms with Crippen LogP contribution >= 0.6 is 22.7 Å². The third-order valence-corrected chi connectivity index (χ3v) is 17.3. The zero-order valence-corrected chi connectivity index (χ0v) is 46.3. The third kappa shape index (κ3) is 11.1. The number of fused-ring (bicyclic) bond motifs is 2. The van der Waals surface area contributed by atoms with Crippen LogP contribution in [-0.2, 0) is 40.6 Å². The Labute approximate surface area is 458 Å². The molecule has 4 aliphatic heterocycles. The van der Waals surface area contributed by atoms with Crippen molar-refractivity contribution in [3.8, 4) is 26.6 Å². The number of ether oxygens (including phenoxy) is 1. The Hall–Kier alpha value is -6.99. The van der Waals surface area contributed by atoms with Crippen molar-refractivity contribution < 1.29 is 33.9 Å². The molecular weight excluding hydrogens is 1010 g/mol. The number of thiazole rings is 2. The first kappa shape index (κ1) is 53.4. The van der Waals surface area contributed by atoms with Crippen molar-refractivity contribution in [2.24, 2.45) is 17.0 Å². The van der Waals surface area contributed by atoms with Crippen molar-refractivity contribution >= 4 is 52.1 Å². The third-order valence-electron chi connectivity index (χ3n) is 15.3. The fourth-order valence-electron chi connectivity index (χ4n) is 11.5. The fourth-order valence-corrected chi connectivity index (χ4v) is 13.2. The Balaban J connectivity index is 0.827. The van der Waals surface area contributed by atoms with E-state index in [0.717, 1.165) is 54.5 Å². The van der Waals surface area contributed by atoms with Crippen molar-refractivity contribution in [1.82, 2.24) is 40.2 Å². The monoisotopic (exact) mass is 1080 g/mol. The number of nitrogens with zero attached hydrogens (tertiary/aromatic N) is 7. The number of aryl methyl sites for hydroxylation is 2. The van der Waals surface area contributed by atoms with E-state index in [9.17, 15) is 24.3 Å². The van der Waals surface area contributed by atoms with Gasteiger partial charge in [0.05, 0.1) is 50.9 Å². The lowest BCUT2D eigenvalue weighted by molar-refractivity contribution is -0.139. The van der Waals surface area contributed by atoms with Gasteiger partial charge in [-0.2, -0.15) is 0 Å². The van der Waals surface area contributed by atoms with E-state index in [4.69, 9.17) is 9.57 Å². The molecule has 0 spiro atoms. The van der Waals surface area contributed by atoms with Gasteiger partial charge >= 0.3 is 0 Å². The van der Waals surface area contributed by atoms with Crippen LogP contribution in [-0.4, -0.2) is 127 Å². The number of β-amino-alcohol motifs (C(OH)–C–C–N with tert-alkyl or cyclic N) is 1. The number of nitrogens with one attached hydrogen (secondary N) is 2. The number of hydrogen-bond acceptors (Lipinski definition) is 13. The molecular formula is C59H67N9O7S2. The SMILES string of the molecule is CO/N=C(/NCc1ccc(-c2scnc2C)cc1)[C@@H]1C[C@@H](O)CN1C(=O)[C@H](C(C)C)N1Cc2cc(O[C@@H]3C[C@@H](CNCc4ccc(-c5scnc5C)cc4)N(C(=O)[C@H](C(C)C)N4Cc5ccccc5C4=O)C3)ccc2C1=O. The summed E-state index contributed by atoms with van der Waals surface area (Å²) < 4.78 is 6.76. The van der Waals surface area contributed by atoms with Crippen molar-refractivity contribution in [2.75, 3.05) is 26.7 Å². The molecule has 3 N–H and O–H groups in total. The minimum Gasteiger partial charge on any atom is -0.488 e. The van der Waals surface area contributed by atoms with E-state index in [-0.39, 0.29) is 67.1 Å². The van der Waals surface area contributed by atoms with Crippen LogP contribution in [0.4, 0.5) is 0 Å². The summed E-state index contributed by atoms with van der Waals surface area (Å²) >= 11 is 3.22. The molecule has 2 aromatic heterocycles. The van der Waals surface area contributed by atoms with Crippen LogP contribution in [0.15, 0.2) is 107 Å². The molecule has 0 bridgehead atoms. The van der Waals surface area contributed by atoms with Gasteiger partial charge in [0, 0.05) is 69.3 Å². The molecule has 0 saturated carbocycles. The minimum atomic E-state index is -0.842. The number of aliphatic hydroxyl groups excluding tert-OH is 1. The average molecular weight is 1080 g/mol. The maximum atomic E-state index is 15.0. The molecule has 6 atom stereocenters. The molecule has 2 fully saturated rings. The highest BCUT2D eigenvalue weighted by molar-refractivity contribution is 7.13. The number of likely N-dealkylation sites (tertiary alicyclic amines) is 2. The number of benzene rings is 4. The lowest BCUT2D eigenvalue weighted by atomic mass is 10.00. The lowest BCUT2D eigenvalue weighted by Crippen LogP contribution is -2.55. The summed E-state index contributed by atoms with van der Waals surface area (Å²) in [6.07, 6.45) is -0.404. The van der Waals surface area contributed by atoms with E-state index >= 15 is 0 Å². The van der Waals surface area contributed by atoms with Gasteiger partial charge in [-0.05, 0) is 83.3 Å². The van der Waals surface area contributed by atoms with Crippen molar-refractivity contribution in [1.29, 1.82) is 0 Å². The highest BCUT2D eigenvalue weighted by atomic mass is 32.1. The molecule has 4 amide bonds. The Bertz CT molecular complexity index is 3160. The molecule has 4 aliphatic rings. The van der Waals surface area contributed by atoms with Crippen LogP contribution in [0.3, 0.4) is 0 Å². The molecule has 0 aliphatic carbocycles. The largest absolute Gasteiger partial charge is 0.488 e. The van der Waals surface area contributed by atoms with Gasteiger partial charge in [-0.1, -0.05) is 99.6 Å². The second-order valence-corrected chi connectivity index (χ2v) is 23.0. The number of carbonyl (C=O) groups excluding carboxylic acids is 4. The first-order chi connectivity index (χ1) is 37.2. The van der Waals surface area contributed by atoms with E-state index in [1.807, 2.05) is 99.9 Å². The molecule has 16 nitrogen and oxygen atoms in total. The standard InChI is InChI=1S/C59H67N9O7S2/c1-34(2)51(67-28-42-10-8-9-11-48(42)56(67)70)58(72)65-31-47(23-44(65)27-60-25-38-12-16-40(17-13-38)53-36(5)62-32-76-53)75-46-20-21-49-43(22-46)29-68(57(49)71)52(35(3)4)59(73)66-30-45(69)24-50(66)55(64-74-7)61-26-39-14-18-41(19-15-39)54-37(6)63-33-77-54/h8-22,32-35,44-45,47,50-52,60,69H,23-31H2,1-7H3,(H,61,64)/t44-,45+,47+,50-,51-,52-/m0/s1.